The summed E-state index contributed by atoms with van der Waals surface area (Å²) in [4.78, 5) is 18.0. The second-order valence-electron chi connectivity index (χ2n) is 6.22. The van der Waals surface area contributed by atoms with Gasteiger partial charge in [0, 0.05) is 19.3 Å². The number of anilines is 1. The summed E-state index contributed by atoms with van der Waals surface area (Å²) in [5.74, 6) is 1.73. The topological polar surface area (TPSA) is 71.2 Å². The third kappa shape index (κ3) is 4.43. The molecular weight excluding hydrogens is 264 g/mol. The Hall–Kier alpha value is -1.62. The molecular formula is C16H26N4O. The first kappa shape index (κ1) is 15.8. The van der Waals surface area contributed by atoms with E-state index in [-0.39, 0.29) is 0 Å². The number of hydrogen-bond donors (Lipinski definition) is 2. The summed E-state index contributed by atoms with van der Waals surface area (Å²) in [5.41, 5.74) is 5.95. The lowest BCUT2D eigenvalue weighted by molar-refractivity contribution is 0.100. The van der Waals surface area contributed by atoms with E-state index < -0.39 is 5.91 Å². The Morgan fingerprint density at radius 1 is 1.48 bits per heavy atom. The van der Waals surface area contributed by atoms with Crippen LogP contribution in [0.25, 0.3) is 0 Å². The van der Waals surface area contributed by atoms with Gasteiger partial charge in [-0.05, 0) is 49.9 Å². The van der Waals surface area contributed by atoms with Gasteiger partial charge in [0.25, 0.3) is 5.91 Å². The monoisotopic (exact) mass is 290 g/mol. The molecule has 0 unspecified atom stereocenters. The van der Waals surface area contributed by atoms with Crippen molar-refractivity contribution in [2.24, 2.45) is 17.6 Å². The Morgan fingerprint density at radius 3 is 2.81 bits per heavy atom. The molecule has 1 aromatic heterocycles. The molecule has 3 N–H and O–H groups in total. The van der Waals surface area contributed by atoms with Gasteiger partial charge in [0.2, 0.25) is 0 Å². The highest BCUT2D eigenvalue weighted by Gasteiger charge is 2.22. The summed E-state index contributed by atoms with van der Waals surface area (Å²) in [7, 11) is 0. The molecule has 116 valence electrons. The number of amides is 1. The van der Waals surface area contributed by atoms with Crippen molar-refractivity contribution in [2.45, 2.75) is 26.7 Å². The highest BCUT2D eigenvalue weighted by molar-refractivity contribution is 5.97. The lowest BCUT2D eigenvalue weighted by atomic mass is 9.96. The van der Waals surface area contributed by atoms with E-state index in [9.17, 15) is 4.79 Å². The van der Waals surface area contributed by atoms with Crippen LogP contribution in [-0.2, 0) is 0 Å². The molecule has 5 nitrogen and oxygen atoms in total. The van der Waals surface area contributed by atoms with Gasteiger partial charge in [-0.3, -0.25) is 4.79 Å². The van der Waals surface area contributed by atoms with Gasteiger partial charge in [0.05, 0.1) is 5.56 Å². The maximum atomic E-state index is 11.5. The number of rotatable bonds is 6. The zero-order valence-corrected chi connectivity index (χ0v) is 13.0. The maximum Gasteiger partial charge on any atom is 0.252 e. The van der Waals surface area contributed by atoms with Crippen molar-refractivity contribution < 1.29 is 4.79 Å². The fourth-order valence-corrected chi connectivity index (χ4v) is 2.77. The molecule has 0 saturated carbocycles. The van der Waals surface area contributed by atoms with E-state index in [0.29, 0.717) is 17.4 Å². The van der Waals surface area contributed by atoms with Gasteiger partial charge in [-0.15, -0.1) is 0 Å². The number of piperidine rings is 1. The number of carbonyl (C=O) groups is 1. The molecule has 2 heterocycles. The van der Waals surface area contributed by atoms with E-state index in [0.717, 1.165) is 44.8 Å². The van der Waals surface area contributed by atoms with Crippen LogP contribution < -0.4 is 16.0 Å². The molecule has 1 aromatic rings. The molecule has 1 aliphatic rings. The number of aromatic nitrogens is 1. The Bertz CT molecular complexity index is 467. The van der Waals surface area contributed by atoms with E-state index in [4.69, 9.17) is 5.73 Å². The molecule has 0 spiro atoms. The first-order valence-electron chi connectivity index (χ1n) is 7.78. The van der Waals surface area contributed by atoms with Crippen molar-refractivity contribution >= 4 is 11.7 Å². The predicted octanol–water partition coefficient (Wildman–Crippen LogP) is 1.64. The smallest absolute Gasteiger partial charge is 0.252 e. The fraction of sp³-hybridized carbons (Fsp3) is 0.625. The van der Waals surface area contributed by atoms with Crippen molar-refractivity contribution in [1.29, 1.82) is 0 Å². The van der Waals surface area contributed by atoms with E-state index in [1.165, 1.54) is 0 Å². The zero-order chi connectivity index (χ0) is 15.2. The number of carbonyl (C=O) groups excluding carboxylic acids is 1. The molecule has 1 aliphatic heterocycles. The number of primary amides is 1. The van der Waals surface area contributed by atoms with Crippen LogP contribution in [0.3, 0.4) is 0 Å². The summed E-state index contributed by atoms with van der Waals surface area (Å²) in [6.45, 7) is 8.48. The van der Waals surface area contributed by atoms with Gasteiger partial charge in [-0.25, -0.2) is 4.98 Å². The second-order valence-corrected chi connectivity index (χ2v) is 6.22. The van der Waals surface area contributed by atoms with Gasteiger partial charge in [0.1, 0.15) is 5.82 Å². The molecule has 0 bridgehead atoms. The molecule has 5 heteroatoms. The van der Waals surface area contributed by atoms with E-state index in [1.807, 2.05) is 0 Å². The Balaban J connectivity index is 1.88. The van der Waals surface area contributed by atoms with Gasteiger partial charge in [0.15, 0.2) is 0 Å². The minimum absolute atomic E-state index is 0.404. The third-order valence-corrected chi connectivity index (χ3v) is 3.95. The fourth-order valence-electron chi connectivity index (χ4n) is 2.77. The summed E-state index contributed by atoms with van der Waals surface area (Å²) >= 11 is 0. The molecule has 0 aromatic carbocycles. The van der Waals surface area contributed by atoms with Gasteiger partial charge in [-0.2, -0.15) is 0 Å². The van der Waals surface area contributed by atoms with Gasteiger partial charge in [-0.1, -0.05) is 13.8 Å². The average Bonchev–Trinajstić information content (AvgIpc) is 2.47. The number of pyridine rings is 1. The Kier molecular flexibility index (Phi) is 5.56. The minimum Gasteiger partial charge on any atom is -0.365 e. The predicted molar refractivity (Wildman–Crippen MR) is 85.4 cm³/mol. The van der Waals surface area contributed by atoms with E-state index >= 15 is 0 Å². The second kappa shape index (κ2) is 7.41. The molecule has 1 saturated heterocycles. The number of nitrogens with zero attached hydrogens (tertiary/aromatic N) is 2. The van der Waals surface area contributed by atoms with Gasteiger partial charge < -0.3 is 16.0 Å². The first-order chi connectivity index (χ1) is 10.1. The van der Waals surface area contributed by atoms with Crippen molar-refractivity contribution in [1.82, 2.24) is 10.3 Å². The van der Waals surface area contributed by atoms with Crippen molar-refractivity contribution in [3.05, 3.63) is 23.9 Å². The molecule has 2 rings (SSSR count). The van der Waals surface area contributed by atoms with Crippen LogP contribution in [0.4, 0.5) is 5.82 Å². The largest absolute Gasteiger partial charge is 0.365 e. The first-order valence-corrected chi connectivity index (χ1v) is 7.78. The number of hydrogen-bond acceptors (Lipinski definition) is 4. The van der Waals surface area contributed by atoms with Crippen molar-refractivity contribution in [3.8, 4) is 0 Å². The van der Waals surface area contributed by atoms with Crippen LogP contribution in [-0.4, -0.2) is 37.1 Å². The highest BCUT2D eigenvalue weighted by Crippen LogP contribution is 2.24. The quantitative estimate of drug-likeness (QED) is 0.835. The molecule has 1 amide bonds. The molecule has 0 aliphatic carbocycles. The van der Waals surface area contributed by atoms with Crippen LogP contribution in [0.15, 0.2) is 18.3 Å². The van der Waals surface area contributed by atoms with Crippen LogP contribution in [0.1, 0.15) is 37.0 Å². The molecule has 0 atom stereocenters. The number of nitrogens with one attached hydrogen (secondary N) is 1. The lowest BCUT2D eigenvalue weighted by Gasteiger charge is -2.33. The summed E-state index contributed by atoms with van der Waals surface area (Å²) in [6, 6.07) is 3.51. The maximum absolute atomic E-state index is 11.5. The summed E-state index contributed by atoms with van der Waals surface area (Å²) in [6.07, 6.45) is 3.97. The van der Waals surface area contributed by atoms with Crippen LogP contribution in [0.5, 0.6) is 0 Å². The normalized spacial score (nSPS) is 16.4. The minimum atomic E-state index is -0.404. The average molecular weight is 290 g/mol. The molecule has 0 radical (unpaired) electrons. The van der Waals surface area contributed by atoms with E-state index in [2.05, 4.69) is 29.0 Å². The summed E-state index contributed by atoms with van der Waals surface area (Å²) < 4.78 is 0. The van der Waals surface area contributed by atoms with Gasteiger partial charge >= 0.3 is 0 Å². The highest BCUT2D eigenvalue weighted by atomic mass is 16.1. The van der Waals surface area contributed by atoms with Crippen LogP contribution in [0, 0.1) is 11.8 Å². The van der Waals surface area contributed by atoms with Crippen molar-refractivity contribution in [2.75, 3.05) is 31.1 Å². The zero-order valence-electron chi connectivity index (χ0n) is 13.0. The third-order valence-electron chi connectivity index (χ3n) is 3.95. The van der Waals surface area contributed by atoms with Crippen molar-refractivity contribution in [3.63, 3.8) is 0 Å². The summed E-state index contributed by atoms with van der Waals surface area (Å²) in [5, 5.41) is 3.53. The Labute approximate surface area is 126 Å². The Morgan fingerprint density at radius 2 is 2.19 bits per heavy atom. The van der Waals surface area contributed by atoms with E-state index in [1.54, 1.807) is 18.3 Å². The standard InChI is InChI=1S/C16H26N4O/c1-12(2)10-18-11-13-5-8-20(9-6-13)16-14(15(17)21)4-3-7-19-16/h3-4,7,12-13,18H,5-6,8-11H2,1-2H3,(H2,17,21). The molecule has 21 heavy (non-hydrogen) atoms. The molecule has 1 fully saturated rings. The number of nitrogens with two attached hydrogens (primary N) is 1. The van der Waals surface area contributed by atoms with Crippen LogP contribution >= 0.6 is 0 Å². The SMILES string of the molecule is CC(C)CNCC1CCN(c2ncccc2C(N)=O)CC1. The van der Waals surface area contributed by atoms with Crippen LogP contribution in [0.2, 0.25) is 0 Å². The lowest BCUT2D eigenvalue weighted by Crippen LogP contribution is -2.39.